The van der Waals surface area contributed by atoms with Crippen LogP contribution < -0.4 is 5.32 Å². The summed E-state index contributed by atoms with van der Waals surface area (Å²) in [6, 6.07) is 10.2. The highest BCUT2D eigenvalue weighted by atomic mass is 35.5. The summed E-state index contributed by atoms with van der Waals surface area (Å²) >= 11 is 16.1. The molecule has 8 nitrogen and oxygen atoms in total. The molecular weight excluding hydrogens is 677 g/mol. The Kier molecular flexibility index (Phi) is 9.63. The number of carboxylic acids is 1. The fourth-order valence-electron chi connectivity index (χ4n) is 6.05. The Morgan fingerprint density at radius 2 is 1.87 bits per heavy atom. The zero-order valence-electron chi connectivity index (χ0n) is 24.5. The molecule has 0 unspecified atom stereocenters. The van der Waals surface area contributed by atoms with E-state index in [1.807, 2.05) is 29.2 Å². The monoisotopic (exact) mass is 706 g/mol. The lowest BCUT2D eigenvalue weighted by atomic mass is 10.0. The number of anilines is 1. The minimum absolute atomic E-state index is 0.0286. The van der Waals surface area contributed by atoms with E-state index in [1.54, 1.807) is 22.5 Å². The second-order valence-corrected chi connectivity index (χ2v) is 14.5. The molecule has 46 heavy (non-hydrogen) atoms. The number of aliphatic carboxylic acids is 1. The zero-order valence-corrected chi connectivity index (χ0v) is 27.6. The second kappa shape index (κ2) is 13.5. The molecule has 2 aromatic heterocycles. The van der Waals surface area contributed by atoms with Gasteiger partial charge in [-0.05, 0) is 36.6 Å². The van der Waals surface area contributed by atoms with Crippen molar-refractivity contribution in [3.63, 3.8) is 0 Å². The number of fused-ring (bicyclic) bond motifs is 1. The summed E-state index contributed by atoms with van der Waals surface area (Å²) in [5, 5.41) is 15.7. The number of amides is 2. The van der Waals surface area contributed by atoms with Crippen LogP contribution in [0.5, 0.6) is 0 Å². The Hall–Kier alpha value is -3.16. The van der Waals surface area contributed by atoms with Crippen molar-refractivity contribution < 1.29 is 28.3 Å². The van der Waals surface area contributed by atoms with Crippen LogP contribution in [0.2, 0.25) is 10.0 Å². The number of benzene rings is 2. The van der Waals surface area contributed by atoms with Gasteiger partial charge in [-0.25, -0.2) is 13.8 Å². The number of aromatic nitrogens is 1. The first-order chi connectivity index (χ1) is 22.0. The summed E-state index contributed by atoms with van der Waals surface area (Å²) in [6.45, 7) is 0.821. The van der Waals surface area contributed by atoms with Crippen molar-refractivity contribution in [2.75, 3.05) is 25.0 Å². The van der Waals surface area contributed by atoms with Crippen molar-refractivity contribution in [1.82, 2.24) is 14.8 Å². The van der Waals surface area contributed by atoms with Crippen LogP contribution in [0.25, 0.3) is 10.1 Å². The molecule has 2 aliphatic heterocycles. The first-order valence-electron chi connectivity index (χ1n) is 14.8. The van der Waals surface area contributed by atoms with Gasteiger partial charge in [0.2, 0.25) is 5.91 Å². The van der Waals surface area contributed by atoms with Crippen LogP contribution in [0.1, 0.15) is 57.5 Å². The molecule has 4 aromatic rings. The van der Waals surface area contributed by atoms with Gasteiger partial charge in [0.05, 0.1) is 35.2 Å². The molecule has 0 saturated carbocycles. The third-order valence-electron chi connectivity index (χ3n) is 8.54. The van der Waals surface area contributed by atoms with Gasteiger partial charge in [-0.15, -0.1) is 22.7 Å². The molecule has 2 aromatic carbocycles. The van der Waals surface area contributed by atoms with Gasteiger partial charge in [-0.2, -0.15) is 0 Å². The number of carboxylic acid groups (broad SMARTS) is 1. The lowest BCUT2D eigenvalue weighted by Crippen LogP contribution is -2.46. The van der Waals surface area contributed by atoms with Gasteiger partial charge < -0.3 is 15.3 Å². The van der Waals surface area contributed by atoms with Crippen LogP contribution in [0.15, 0.2) is 48.0 Å². The first-order valence-corrected chi connectivity index (χ1v) is 17.3. The Balaban J connectivity index is 1.19. The van der Waals surface area contributed by atoms with Crippen molar-refractivity contribution in [2.24, 2.45) is 0 Å². The van der Waals surface area contributed by atoms with Gasteiger partial charge in [-0.3, -0.25) is 19.3 Å². The molecule has 2 atom stereocenters. The smallest absolute Gasteiger partial charge is 0.303 e. The molecule has 0 radical (unpaired) electrons. The number of halogens is 4. The van der Waals surface area contributed by atoms with E-state index in [-0.39, 0.29) is 66.7 Å². The summed E-state index contributed by atoms with van der Waals surface area (Å²) in [5.41, 5.74) is 1.32. The van der Waals surface area contributed by atoms with Crippen molar-refractivity contribution in [1.29, 1.82) is 0 Å². The number of carbonyl (C=O) groups is 3. The van der Waals surface area contributed by atoms with E-state index >= 15 is 0 Å². The van der Waals surface area contributed by atoms with Crippen LogP contribution in [0, 0.1) is 0 Å². The van der Waals surface area contributed by atoms with Crippen LogP contribution >= 0.6 is 45.9 Å². The number of alkyl halides is 2. The maximum Gasteiger partial charge on any atom is 0.303 e. The van der Waals surface area contributed by atoms with Crippen molar-refractivity contribution in [3.8, 4) is 0 Å². The van der Waals surface area contributed by atoms with Gasteiger partial charge >= 0.3 is 5.97 Å². The summed E-state index contributed by atoms with van der Waals surface area (Å²) < 4.78 is 28.8. The van der Waals surface area contributed by atoms with E-state index in [4.69, 9.17) is 28.3 Å². The quantitative estimate of drug-likeness (QED) is 0.186. The Labute approximate surface area is 281 Å². The molecule has 2 amide bonds. The number of nitrogens with one attached hydrogen (secondary N) is 1. The number of hydrogen-bond acceptors (Lipinski definition) is 7. The van der Waals surface area contributed by atoms with E-state index in [9.17, 15) is 23.2 Å². The average molecular weight is 708 g/mol. The molecule has 2 saturated heterocycles. The highest BCUT2D eigenvalue weighted by Gasteiger charge is 2.43. The fourth-order valence-corrected chi connectivity index (χ4v) is 8.50. The topological polar surface area (TPSA) is 103 Å². The summed E-state index contributed by atoms with van der Waals surface area (Å²) in [7, 11) is 0. The predicted octanol–water partition coefficient (Wildman–Crippen LogP) is 7.55. The highest BCUT2D eigenvalue weighted by molar-refractivity contribution is 7.17. The molecule has 0 spiro atoms. The van der Waals surface area contributed by atoms with Crippen molar-refractivity contribution >= 4 is 79.4 Å². The fraction of sp³-hybridized carbons (Fsp3) is 0.375. The minimum atomic E-state index is -2.68. The second-order valence-electron chi connectivity index (χ2n) is 11.6. The van der Waals surface area contributed by atoms with Crippen LogP contribution in [-0.2, 0) is 22.4 Å². The van der Waals surface area contributed by atoms with Gasteiger partial charge in [0.1, 0.15) is 5.01 Å². The third kappa shape index (κ3) is 7.21. The van der Waals surface area contributed by atoms with E-state index in [0.717, 1.165) is 15.0 Å². The number of piperidine rings is 1. The molecule has 14 heteroatoms. The summed E-state index contributed by atoms with van der Waals surface area (Å²) in [5.74, 6) is -4.14. The van der Waals surface area contributed by atoms with Crippen LogP contribution in [-0.4, -0.2) is 69.3 Å². The number of aryl methyl sites for hydroxylation is 1. The Morgan fingerprint density at radius 1 is 1.11 bits per heavy atom. The minimum Gasteiger partial charge on any atom is -0.481 e. The molecule has 2 aliphatic rings. The van der Waals surface area contributed by atoms with Crippen molar-refractivity contribution in [3.05, 3.63) is 79.0 Å². The van der Waals surface area contributed by atoms with E-state index < -0.39 is 17.9 Å². The number of likely N-dealkylation sites (tertiary alicyclic amines) is 2. The summed E-state index contributed by atoms with van der Waals surface area (Å²) in [6.07, 6.45) is 1.96. The number of hydrogen-bond donors (Lipinski definition) is 2. The molecular formula is C32H30Cl2F2N4O4S2. The van der Waals surface area contributed by atoms with Gasteiger partial charge in [0, 0.05) is 70.1 Å². The number of carbonyl (C=O) groups excluding carboxylic acids is 2. The Morgan fingerprint density at radius 3 is 2.63 bits per heavy atom. The zero-order chi connectivity index (χ0) is 32.6. The van der Waals surface area contributed by atoms with Gasteiger partial charge in [0.25, 0.3) is 11.8 Å². The maximum absolute atomic E-state index is 13.9. The molecule has 0 bridgehead atoms. The normalized spacial score (nSPS) is 19.9. The standard InChI is InChI=1S/C32H30Cl2F2N4O4S2/c33-23-14-25(38-30(44)22-17-45-27-4-2-1-3-21(22)27)24(34)11-18(23)12-28(41)40-16-19(39-9-7-32(35,36)8-10-39)13-26(40)31-37-15-20(46-31)5-6-29(42)43/h1-4,11,14-15,17,19,26H,5-10,12-13,16H2,(H,38,44)(H,42,43)/t19-,26-/m0/s1. The van der Waals surface area contributed by atoms with E-state index in [2.05, 4.69) is 10.3 Å². The number of rotatable bonds is 9. The number of nitrogens with zero attached hydrogens (tertiary/aromatic N) is 3. The van der Waals surface area contributed by atoms with Gasteiger partial charge in [-0.1, -0.05) is 41.4 Å². The lowest BCUT2D eigenvalue weighted by Gasteiger charge is -2.35. The molecule has 242 valence electrons. The largest absolute Gasteiger partial charge is 0.481 e. The van der Waals surface area contributed by atoms with Crippen molar-refractivity contribution in [2.45, 2.75) is 56.5 Å². The highest BCUT2D eigenvalue weighted by Crippen LogP contribution is 2.40. The van der Waals surface area contributed by atoms with E-state index in [0.29, 0.717) is 41.2 Å². The predicted molar refractivity (Wildman–Crippen MR) is 177 cm³/mol. The van der Waals surface area contributed by atoms with Crippen LogP contribution in [0.4, 0.5) is 14.5 Å². The Bertz CT molecular complexity index is 1790. The molecule has 2 N–H and O–H groups in total. The third-order valence-corrected chi connectivity index (χ3v) is 11.3. The lowest BCUT2D eigenvalue weighted by molar-refractivity contribution is -0.137. The number of thiophene rings is 1. The maximum atomic E-state index is 13.9. The summed E-state index contributed by atoms with van der Waals surface area (Å²) in [4.78, 5) is 47.1. The average Bonchev–Trinajstić information content (AvgIpc) is 3.77. The van der Waals surface area contributed by atoms with Crippen LogP contribution in [0.3, 0.4) is 0 Å². The van der Waals surface area contributed by atoms with Gasteiger partial charge in [0.15, 0.2) is 0 Å². The first kappa shape index (κ1) is 32.8. The molecule has 4 heterocycles. The molecule has 0 aliphatic carbocycles. The number of thiazole rings is 1. The molecule has 2 fully saturated rings. The molecule has 6 rings (SSSR count). The van der Waals surface area contributed by atoms with E-state index in [1.165, 1.54) is 28.7 Å². The SMILES string of the molecule is O=C(O)CCc1cnc([C@@H]2C[C@H](N3CCC(F)(F)CC3)CN2C(=O)Cc2cc(Cl)c(NC(=O)c3csc4ccccc34)cc2Cl)s1.